The summed E-state index contributed by atoms with van der Waals surface area (Å²) in [6.45, 7) is 2.02. The normalized spacial score (nSPS) is 23.7. The zero-order valence-corrected chi connectivity index (χ0v) is 27.2. The number of alkyl halides is 3. The van der Waals surface area contributed by atoms with Gasteiger partial charge in [-0.25, -0.2) is 8.78 Å². The van der Waals surface area contributed by atoms with E-state index in [9.17, 15) is 5.11 Å². The van der Waals surface area contributed by atoms with E-state index in [0.717, 1.165) is 16.7 Å². The fourth-order valence-electron chi connectivity index (χ4n) is 5.95. The predicted octanol–water partition coefficient (Wildman–Crippen LogP) is 5.64. The van der Waals surface area contributed by atoms with Gasteiger partial charge in [0.1, 0.15) is 17.0 Å². The maximum Gasteiger partial charge on any atom is 0.250 e. The molecule has 238 valence electrons. The number of anilines is 3. The number of methoxy groups -OCH3 is 1. The highest BCUT2D eigenvalue weighted by atomic mass is 127. The number of hydrogen-bond acceptors (Lipinski definition) is 9. The van der Waals surface area contributed by atoms with Crippen LogP contribution in [0.1, 0.15) is 23.6 Å². The van der Waals surface area contributed by atoms with E-state index in [2.05, 4.69) is 10.6 Å². The highest BCUT2D eigenvalue weighted by Gasteiger charge is 2.67. The van der Waals surface area contributed by atoms with E-state index in [1.165, 1.54) is 4.90 Å². The molecule has 9 nitrogen and oxygen atoms in total. The molecule has 0 spiro atoms. The molecule has 46 heavy (non-hydrogen) atoms. The maximum absolute atomic E-state index is 16.2. The predicted molar refractivity (Wildman–Crippen MR) is 180 cm³/mol. The second-order valence-electron chi connectivity index (χ2n) is 10.8. The van der Waals surface area contributed by atoms with E-state index in [1.54, 1.807) is 29.7 Å². The molecule has 12 heteroatoms. The van der Waals surface area contributed by atoms with Crippen molar-refractivity contribution >= 4 is 40.0 Å². The maximum atomic E-state index is 16.2. The molecule has 0 aliphatic carbocycles. The Morgan fingerprint density at radius 3 is 2.22 bits per heavy atom. The molecule has 0 unspecified atom stereocenters. The number of halogens is 3. The molecule has 6 rings (SSSR count). The lowest BCUT2D eigenvalue weighted by molar-refractivity contribution is -0.153. The molecular weight excluding hydrogens is 707 g/mol. The van der Waals surface area contributed by atoms with Crippen molar-refractivity contribution in [2.75, 3.05) is 40.3 Å². The van der Waals surface area contributed by atoms with Crippen LogP contribution in [0, 0.1) is 12.3 Å². The first-order valence-electron chi connectivity index (χ1n) is 14.6. The fourth-order valence-corrected chi connectivity index (χ4v) is 6.55. The highest BCUT2D eigenvalue weighted by Crippen LogP contribution is 2.49. The number of nitrogens with zero attached hydrogens (tertiary/aromatic N) is 3. The van der Waals surface area contributed by atoms with Gasteiger partial charge >= 0.3 is 0 Å². The van der Waals surface area contributed by atoms with E-state index in [4.69, 9.17) is 30.6 Å². The van der Waals surface area contributed by atoms with E-state index < -0.39 is 29.4 Å². The Morgan fingerprint density at radius 1 is 1.07 bits per heavy atom. The molecule has 4 atom stereocenters. The van der Waals surface area contributed by atoms with Gasteiger partial charge < -0.3 is 34.9 Å². The van der Waals surface area contributed by atoms with Crippen LogP contribution in [0.3, 0.4) is 0 Å². The van der Waals surface area contributed by atoms with Crippen LogP contribution < -0.4 is 25.0 Å². The summed E-state index contributed by atoms with van der Waals surface area (Å²) in [7, 11) is 1.61. The quantitative estimate of drug-likeness (QED) is 0.0827. The van der Waals surface area contributed by atoms with E-state index in [0.29, 0.717) is 11.4 Å². The third-order valence-electron chi connectivity index (χ3n) is 8.23. The molecule has 1 aromatic heterocycles. The number of ether oxygens (including phenoxy) is 3. The molecule has 2 aliphatic rings. The summed E-state index contributed by atoms with van der Waals surface area (Å²) in [5.41, 5.74) is -0.958. The second-order valence-corrected chi connectivity index (χ2v) is 11.6. The van der Waals surface area contributed by atoms with Crippen LogP contribution in [0.2, 0.25) is 0 Å². The smallest absolute Gasteiger partial charge is 0.250 e. The molecule has 4 aromatic rings. The number of benzene rings is 3. The van der Waals surface area contributed by atoms with Crippen molar-refractivity contribution in [2.24, 2.45) is 0 Å². The van der Waals surface area contributed by atoms with Gasteiger partial charge in [-0.2, -0.15) is 9.97 Å². The number of rotatable bonds is 10. The minimum absolute atomic E-state index is 0.0589. The lowest BCUT2D eigenvalue weighted by Crippen LogP contribution is -2.52. The molecule has 2 aliphatic heterocycles. The molecule has 1 fully saturated rings. The van der Waals surface area contributed by atoms with Crippen LogP contribution in [-0.2, 0) is 10.3 Å². The summed E-state index contributed by atoms with van der Waals surface area (Å²) in [4.78, 5) is 10.9. The SMILES string of the molecule is C#C[C@]1(F)[C@H](N2CNc3c(OCC)nc(NC(c4ccccc4)(c4ccccc4)c4ccc(OC)cc4)nc32)O[C@](F)(CI)[C@H]1O. The summed E-state index contributed by atoms with van der Waals surface area (Å²) < 4.78 is 48.4. The molecule has 0 amide bonds. The van der Waals surface area contributed by atoms with Crippen molar-refractivity contribution in [1.82, 2.24) is 9.97 Å². The summed E-state index contributed by atoms with van der Waals surface area (Å²) in [5, 5.41) is 17.4. The summed E-state index contributed by atoms with van der Waals surface area (Å²) in [6.07, 6.45) is 1.63. The molecule has 0 saturated carbocycles. The van der Waals surface area contributed by atoms with Crippen molar-refractivity contribution in [3.63, 3.8) is 0 Å². The van der Waals surface area contributed by atoms with Crippen LogP contribution in [0.5, 0.6) is 11.6 Å². The first-order chi connectivity index (χ1) is 22.2. The lowest BCUT2D eigenvalue weighted by atomic mass is 9.77. The highest BCUT2D eigenvalue weighted by molar-refractivity contribution is 14.1. The van der Waals surface area contributed by atoms with Gasteiger partial charge in [-0.05, 0) is 35.7 Å². The van der Waals surface area contributed by atoms with Crippen LogP contribution >= 0.6 is 22.6 Å². The first kappa shape index (κ1) is 31.8. The first-order valence-corrected chi connectivity index (χ1v) is 16.1. The van der Waals surface area contributed by atoms with E-state index in [-0.39, 0.29) is 35.3 Å². The Labute approximate surface area is 279 Å². The van der Waals surface area contributed by atoms with Crippen molar-refractivity contribution in [1.29, 1.82) is 0 Å². The van der Waals surface area contributed by atoms with E-state index >= 15 is 8.78 Å². The average molecular weight is 740 g/mol. The van der Waals surface area contributed by atoms with Gasteiger partial charge in [-0.3, -0.25) is 0 Å². The fraction of sp³-hybridized carbons (Fsp3) is 0.294. The number of nitrogens with one attached hydrogen (secondary N) is 2. The number of aliphatic hydroxyl groups excluding tert-OH is 1. The molecule has 3 aromatic carbocycles. The Hall–Kier alpha value is -4.19. The van der Waals surface area contributed by atoms with Gasteiger partial charge in [-0.1, -0.05) is 101 Å². The third-order valence-corrected chi connectivity index (χ3v) is 9.27. The Bertz CT molecular complexity index is 1690. The average Bonchev–Trinajstić information content (AvgIpc) is 3.61. The topological polar surface area (TPSA) is 101 Å². The minimum atomic E-state index is -2.88. The van der Waals surface area contributed by atoms with Crippen LogP contribution in [-0.4, -0.2) is 63.7 Å². The summed E-state index contributed by atoms with van der Waals surface area (Å²) >= 11 is 1.69. The third kappa shape index (κ3) is 5.16. The van der Waals surface area contributed by atoms with Crippen molar-refractivity contribution in [3.8, 4) is 24.0 Å². The summed E-state index contributed by atoms with van der Waals surface area (Å²) in [6, 6.07) is 27.3. The largest absolute Gasteiger partial charge is 0.497 e. The van der Waals surface area contributed by atoms with Crippen molar-refractivity contribution in [3.05, 3.63) is 102 Å². The van der Waals surface area contributed by atoms with Gasteiger partial charge in [0.05, 0.1) is 24.8 Å². The van der Waals surface area contributed by atoms with Crippen LogP contribution in [0.15, 0.2) is 84.9 Å². The molecule has 0 radical (unpaired) electrons. The van der Waals surface area contributed by atoms with Gasteiger partial charge in [-0.15, -0.1) is 6.42 Å². The monoisotopic (exact) mass is 739 g/mol. The zero-order valence-electron chi connectivity index (χ0n) is 25.1. The molecule has 3 heterocycles. The van der Waals surface area contributed by atoms with Crippen LogP contribution in [0.25, 0.3) is 0 Å². The van der Waals surface area contributed by atoms with Gasteiger partial charge in [0, 0.05) is 0 Å². The van der Waals surface area contributed by atoms with Gasteiger partial charge in [0.15, 0.2) is 18.1 Å². The molecule has 3 N–H and O–H groups in total. The zero-order chi connectivity index (χ0) is 32.5. The lowest BCUT2D eigenvalue weighted by Gasteiger charge is -2.37. The van der Waals surface area contributed by atoms with Gasteiger partial charge in [0.25, 0.3) is 5.85 Å². The van der Waals surface area contributed by atoms with Gasteiger partial charge in [0.2, 0.25) is 17.5 Å². The van der Waals surface area contributed by atoms with E-state index in [1.807, 2.05) is 97.8 Å². The number of hydrogen-bond donors (Lipinski definition) is 3. The Balaban J connectivity index is 1.54. The van der Waals surface area contributed by atoms with Crippen molar-refractivity contribution in [2.45, 2.75) is 36.3 Å². The second kappa shape index (κ2) is 12.5. The molecular formula is C34H32F2IN5O4. The number of aromatic nitrogens is 2. The van der Waals surface area contributed by atoms with Crippen molar-refractivity contribution < 1.29 is 28.1 Å². The summed E-state index contributed by atoms with van der Waals surface area (Å²) in [5.74, 6) is 0.402. The Morgan fingerprint density at radius 2 is 1.67 bits per heavy atom. The Kier molecular flexibility index (Phi) is 8.66. The number of fused-ring (bicyclic) bond motifs is 1. The standard InChI is InChI=1S/C34H32F2IN5O4/c1-4-32(35)29(43)33(36,20-37)46-30(32)42-21-38-26-27(42)39-31(40-28(26)45-5-2)41-34(22-12-8-6-9-13-22,23-14-10-7-11-15-23)24-16-18-25(44-3)19-17-24/h1,6-19,29-30,38,43H,5,20-21H2,2-3H3,(H,39,40,41)/t29-,30+,32+,33+/m0/s1. The molecule has 0 bridgehead atoms. The molecule has 1 saturated heterocycles. The van der Waals surface area contributed by atoms with Crippen LogP contribution in [0.4, 0.5) is 26.2 Å². The number of aliphatic hydroxyl groups is 1. The minimum Gasteiger partial charge on any atom is -0.497 e. The number of terminal acetylenes is 1.